The first kappa shape index (κ1) is 15.1. The second kappa shape index (κ2) is 6.16. The van der Waals surface area contributed by atoms with Crippen molar-refractivity contribution in [2.24, 2.45) is 5.11 Å². The van der Waals surface area contributed by atoms with Crippen molar-refractivity contribution < 1.29 is 8.42 Å². The number of benzene rings is 2. The number of hydrogen-bond donors (Lipinski definition) is 0. The van der Waals surface area contributed by atoms with Crippen molar-refractivity contribution in [1.82, 2.24) is 3.97 Å². The topological polar surface area (TPSA) is 87.8 Å². The molecule has 0 N–H and O–H groups in total. The van der Waals surface area contributed by atoms with Gasteiger partial charge in [0.15, 0.2) is 0 Å². The molecule has 6 nitrogen and oxygen atoms in total. The molecule has 0 aliphatic rings. The fourth-order valence-corrected chi connectivity index (χ4v) is 3.97. The maximum absolute atomic E-state index is 12.9. The highest BCUT2D eigenvalue weighted by atomic mass is 32.2. The maximum Gasteiger partial charge on any atom is 0.268 e. The molecule has 7 heteroatoms. The van der Waals surface area contributed by atoms with Crippen molar-refractivity contribution in [2.75, 3.05) is 6.54 Å². The van der Waals surface area contributed by atoms with Crippen LogP contribution in [-0.2, 0) is 16.4 Å². The molecule has 0 aliphatic carbocycles. The highest BCUT2D eigenvalue weighted by Gasteiger charge is 2.19. The van der Waals surface area contributed by atoms with Crippen molar-refractivity contribution >= 4 is 20.9 Å². The van der Waals surface area contributed by atoms with Gasteiger partial charge in [-0.2, -0.15) is 0 Å². The minimum absolute atomic E-state index is 0.238. The zero-order chi connectivity index (χ0) is 16.3. The molecule has 0 amide bonds. The summed E-state index contributed by atoms with van der Waals surface area (Å²) in [5.74, 6) is 0. The van der Waals surface area contributed by atoms with Crippen molar-refractivity contribution in [3.05, 3.63) is 76.8 Å². The number of azide groups is 1. The van der Waals surface area contributed by atoms with Gasteiger partial charge in [0.05, 0.1) is 10.4 Å². The van der Waals surface area contributed by atoms with E-state index in [2.05, 4.69) is 10.0 Å². The summed E-state index contributed by atoms with van der Waals surface area (Å²) in [6.45, 7) is 0.284. The molecule has 0 aliphatic heterocycles. The summed E-state index contributed by atoms with van der Waals surface area (Å²) in [6, 6.07) is 15.7. The summed E-state index contributed by atoms with van der Waals surface area (Å²) in [4.78, 5) is 2.98. The van der Waals surface area contributed by atoms with Crippen LogP contribution in [0, 0.1) is 0 Å². The Bertz CT molecular complexity index is 987. The van der Waals surface area contributed by atoms with Crippen LogP contribution in [0.15, 0.2) is 70.8 Å². The summed E-state index contributed by atoms with van der Waals surface area (Å²) in [6.07, 6.45) is 2.04. The van der Waals surface area contributed by atoms with E-state index in [1.807, 2.05) is 18.2 Å². The number of fused-ring (bicyclic) bond motifs is 1. The molecule has 2 aromatic carbocycles. The summed E-state index contributed by atoms with van der Waals surface area (Å²) in [5.41, 5.74) is 9.87. The van der Waals surface area contributed by atoms with Crippen molar-refractivity contribution in [3.63, 3.8) is 0 Å². The lowest BCUT2D eigenvalue weighted by Crippen LogP contribution is -2.12. The fraction of sp³-hybridized carbons (Fsp3) is 0.125. The van der Waals surface area contributed by atoms with Gasteiger partial charge in [0.1, 0.15) is 0 Å². The van der Waals surface area contributed by atoms with Crippen LogP contribution in [0.25, 0.3) is 21.3 Å². The van der Waals surface area contributed by atoms with Gasteiger partial charge in [-0.05, 0) is 35.7 Å². The van der Waals surface area contributed by atoms with E-state index in [-0.39, 0.29) is 11.4 Å². The predicted octanol–water partition coefficient (Wildman–Crippen LogP) is 3.73. The minimum Gasteiger partial charge on any atom is -0.241 e. The lowest BCUT2D eigenvalue weighted by molar-refractivity contribution is 0.589. The lowest BCUT2D eigenvalue weighted by atomic mass is 10.1. The van der Waals surface area contributed by atoms with Crippen LogP contribution in [-0.4, -0.2) is 18.9 Å². The van der Waals surface area contributed by atoms with E-state index in [4.69, 9.17) is 5.53 Å². The molecule has 0 saturated carbocycles. The van der Waals surface area contributed by atoms with Crippen LogP contribution in [0.1, 0.15) is 5.56 Å². The molecule has 0 radical (unpaired) electrons. The molecule has 0 bridgehead atoms. The molecule has 0 unspecified atom stereocenters. The second-order valence-corrected chi connectivity index (χ2v) is 6.80. The first-order valence-electron chi connectivity index (χ1n) is 7.05. The zero-order valence-electron chi connectivity index (χ0n) is 12.2. The molecule has 3 aromatic rings. The Balaban J connectivity index is 2.17. The normalized spacial score (nSPS) is 11.3. The van der Waals surface area contributed by atoms with Gasteiger partial charge in [0.2, 0.25) is 0 Å². The second-order valence-electron chi connectivity index (χ2n) is 4.99. The molecule has 0 atom stereocenters. The molecule has 0 fully saturated rings. The fourth-order valence-electron chi connectivity index (χ4n) is 2.56. The van der Waals surface area contributed by atoms with E-state index >= 15 is 0 Å². The number of para-hydroxylation sites is 1. The molecule has 23 heavy (non-hydrogen) atoms. The number of hydrogen-bond acceptors (Lipinski definition) is 3. The third-order valence-electron chi connectivity index (χ3n) is 3.61. The smallest absolute Gasteiger partial charge is 0.241 e. The summed E-state index contributed by atoms with van der Waals surface area (Å²) >= 11 is 0. The minimum atomic E-state index is -3.66. The van der Waals surface area contributed by atoms with Gasteiger partial charge in [0.25, 0.3) is 10.0 Å². The van der Waals surface area contributed by atoms with Gasteiger partial charge in [-0.25, -0.2) is 12.4 Å². The molecule has 3 rings (SSSR count). The molecule has 0 spiro atoms. The van der Waals surface area contributed by atoms with Gasteiger partial charge < -0.3 is 0 Å². The first-order valence-corrected chi connectivity index (χ1v) is 8.49. The lowest BCUT2D eigenvalue weighted by Gasteiger charge is -2.10. The molecule has 0 saturated heterocycles. The quantitative estimate of drug-likeness (QED) is 0.406. The van der Waals surface area contributed by atoms with E-state index in [9.17, 15) is 8.42 Å². The molecular formula is C16H14N4O2S. The molecule has 1 aromatic heterocycles. The van der Waals surface area contributed by atoms with Gasteiger partial charge in [-0.1, -0.05) is 41.5 Å². The number of rotatable bonds is 5. The average molecular weight is 326 g/mol. The van der Waals surface area contributed by atoms with Gasteiger partial charge in [-0.15, -0.1) is 0 Å². The molecule has 1 heterocycles. The van der Waals surface area contributed by atoms with Gasteiger partial charge in [0, 0.05) is 23.0 Å². The van der Waals surface area contributed by atoms with E-state index in [1.54, 1.807) is 42.6 Å². The van der Waals surface area contributed by atoms with E-state index in [0.717, 1.165) is 10.9 Å². The van der Waals surface area contributed by atoms with Crippen LogP contribution >= 0.6 is 0 Å². The Kier molecular flexibility index (Phi) is 4.06. The van der Waals surface area contributed by atoms with Gasteiger partial charge in [-0.3, -0.25) is 0 Å². The van der Waals surface area contributed by atoms with Gasteiger partial charge >= 0.3 is 0 Å². The van der Waals surface area contributed by atoms with E-state index in [0.29, 0.717) is 11.9 Å². The van der Waals surface area contributed by atoms with Crippen LogP contribution in [0.5, 0.6) is 0 Å². The van der Waals surface area contributed by atoms with Crippen LogP contribution in [0.3, 0.4) is 0 Å². The van der Waals surface area contributed by atoms with E-state index < -0.39 is 10.0 Å². The first-order chi connectivity index (χ1) is 11.1. The summed E-state index contributed by atoms with van der Waals surface area (Å²) in [5, 5.41) is 4.37. The standard InChI is InChI=1S/C16H14N4O2S/c17-19-18-11-9-13-5-4-6-14-10-12-20(16(13)14)23(21,22)15-7-2-1-3-8-15/h1-8,10,12H,9,11H2. The van der Waals surface area contributed by atoms with Crippen molar-refractivity contribution in [2.45, 2.75) is 11.3 Å². The third kappa shape index (κ3) is 2.79. The Hall–Kier alpha value is -2.76. The third-order valence-corrected chi connectivity index (χ3v) is 5.30. The number of aromatic nitrogens is 1. The summed E-state index contributed by atoms with van der Waals surface area (Å²) < 4.78 is 27.0. The monoisotopic (exact) mass is 326 g/mol. The van der Waals surface area contributed by atoms with Crippen LogP contribution in [0.2, 0.25) is 0 Å². The Morgan fingerprint density at radius 1 is 1.04 bits per heavy atom. The number of nitrogens with zero attached hydrogens (tertiary/aromatic N) is 4. The highest BCUT2D eigenvalue weighted by Crippen LogP contribution is 2.25. The predicted molar refractivity (Wildman–Crippen MR) is 88.7 cm³/mol. The van der Waals surface area contributed by atoms with E-state index in [1.165, 1.54) is 3.97 Å². The van der Waals surface area contributed by atoms with Crippen molar-refractivity contribution in [1.29, 1.82) is 0 Å². The average Bonchev–Trinajstić information content (AvgIpc) is 3.02. The maximum atomic E-state index is 12.9. The largest absolute Gasteiger partial charge is 0.268 e. The summed E-state index contributed by atoms with van der Waals surface area (Å²) in [7, 11) is -3.66. The Morgan fingerprint density at radius 2 is 1.83 bits per heavy atom. The van der Waals surface area contributed by atoms with Crippen LogP contribution < -0.4 is 0 Å². The Morgan fingerprint density at radius 3 is 2.57 bits per heavy atom. The SMILES string of the molecule is [N-]=[N+]=NCCc1cccc2ccn(S(=O)(=O)c3ccccc3)c12. The Labute approximate surface area is 133 Å². The molecule has 116 valence electrons. The van der Waals surface area contributed by atoms with Crippen LogP contribution in [0.4, 0.5) is 0 Å². The zero-order valence-corrected chi connectivity index (χ0v) is 13.0. The highest BCUT2D eigenvalue weighted by molar-refractivity contribution is 7.90. The van der Waals surface area contributed by atoms with Crippen molar-refractivity contribution in [3.8, 4) is 0 Å². The molecular weight excluding hydrogens is 312 g/mol.